The minimum Gasteiger partial charge on any atom is -0.312 e. The molecule has 1 N–H and O–H groups in total. The molecule has 2 aliphatic rings. The highest BCUT2D eigenvalue weighted by molar-refractivity contribution is 5.23. The average Bonchev–Trinajstić information content (AvgIpc) is 3.08. The van der Waals surface area contributed by atoms with Crippen molar-refractivity contribution in [3.63, 3.8) is 0 Å². The Kier molecular flexibility index (Phi) is 3.63. The highest BCUT2D eigenvalue weighted by Crippen LogP contribution is 2.31. The predicted octanol–water partition coefficient (Wildman–Crippen LogP) is 1.61. The smallest absolute Gasteiger partial charge is 0.0641 e. The van der Waals surface area contributed by atoms with Crippen LogP contribution in [0.15, 0.2) is 0 Å². The van der Waals surface area contributed by atoms with Crippen molar-refractivity contribution in [3.8, 4) is 0 Å². The van der Waals surface area contributed by atoms with Crippen LogP contribution in [0.5, 0.6) is 0 Å². The molecule has 0 bridgehead atoms. The fourth-order valence-corrected chi connectivity index (χ4v) is 3.28. The number of hydrogen-bond acceptors (Lipinski definition) is 3. The van der Waals surface area contributed by atoms with Gasteiger partial charge in [0.2, 0.25) is 0 Å². The number of aromatic nitrogens is 2. The molecule has 3 rings (SSSR count). The van der Waals surface area contributed by atoms with Crippen molar-refractivity contribution in [2.75, 3.05) is 19.6 Å². The molecule has 0 spiro atoms. The van der Waals surface area contributed by atoms with Gasteiger partial charge in [-0.2, -0.15) is 5.10 Å². The topological polar surface area (TPSA) is 33.1 Å². The van der Waals surface area contributed by atoms with Gasteiger partial charge in [-0.3, -0.25) is 4.68 Å². The molecule has 2 fully saturated rings. The molecule has 0 amide bonds. The van der Waals surface area contributed by atoms with Crippen LogP contribution in [0.1, 0.15) is 36.2 Å². The predicted molar refractivity (Wildman–Crippen MR) is 77.1 cm³/mol. The third kappa shape index (κ3) is 2.84. The Morgan fingerprint density at radius 3 is 2.68 bits per heavy atom. The summed E-state index contributed by atoms with van der Waals surface area (Å²) in [5, 5.41) is 8.11. The molecule has 1 saturated heterocycles. The molecule has 2 heterocycles. The average molecular weight is 262 g/mol. The summed E-state index contributed by atoms with van der Waals surface area (Å²) >= 11 is 0. The molecule has 1 aliphatic carbocycles. The number of hydrogen-bond donors (Lipinski definition) is 1. The lowest BCUT2D eigenvalue weighted by Gasteiger charge is -2.15. The zero-order valence-electron chi connectivity index (χ0n) is 12.4. The van der Waals surface area contributed by atoms with Crippen molar-refractivity contribution in [3.05, 3.63) is 17.0 Å². The highest BCUT2D eigenvalue weighted by Gasteiger charge is 2.34. The summed E-state index contributed by atoms with van der Waals surface area (Å²) in [7, 11) is 2.02. The van der Waals surface area contributed by atoms with Crippen LogP contribution in [0.2, 0.25) is 0 Å². The molecule has 1 atom stereocenters. The van der Waals surface area contributed by atoms with Gasteiger partial charge in [0, 0.05) is 37.4 Å². The minimum atomic E-state index is 0.845. The first-order valence-electron chi connectivity index (χ1n) is 7.59. The number of likely N-dealkylation sites (tertiary alicyclic amines) is 1. The Morgan fingerprint density at radius 1 is 1.26 bits per heavy atom. The second-order valence-electron chi connectivity index (χ2n) is 6.28. The quantitative estimate of drug-likeness (QED) is 0.875. The first-order chi connectivity index (χ1) is 9.15. The molecule has 0 radical (unpaired) electrons. The van der Waals surface area contributed by atoms with E-state index in [0.29, 0.717) is 0 Å². The lowest BCUT2D eigenvalue weighted by Crippen LogP contribution is -2.27. The van der Waals surface area contributed by atoms with Crippen molar-refractivity contribution < 1.29 is 0 Å². The van der Waals surface area contributed by atoms with Crippen LogP contribution in [0, 0.1) is 19.8 Å². The molecular weight excluding hydrogens is 236 g/mol. The first-order valence-corrected chi connectivity index (χ1v) is 7.59. The summed E-state index contributed by atoms with van der Waals surface area (Å²) in [5.74, 6) is 0.845. The van der Waals surface area contributed by atoms with Gasteiger partial charge in [-0.1, -0.05) is 0 Å². The van der Waals surface area contributed by atoms with E-state index in [4.69, 9.17) is 0 Å². The van der Waals surface area contributed by atoms with Crippen LogP contribution in [0.3, 0.4) is 0 Å². The molecule has 1 aromatic rings. The minimum absolute atomic E-state index is 0.845. The number of rotatable bonds is 5. The third-order valence-electron chi connectivity index (χ3n) is 4.77. The van der Waals surface area contributed by atoms with Crippen LogP contribution in [-0.2, 0) is 13.6 Å². The van der Waals surface area contributed by atoms with E-state index in [1.807, 2.05) is 11.7 Å². The Balaban J connectivity index is 1.45. The molecule has 106 valence electrons. The fourth-order valence-electron chi connectivity index (χ4n) is 3.28. The molecule has 19 heavy (non-hydrogen) atoms. The van der Waals surface area contributed by atoms with Crippen molar-refractivity contribution in [1.82, 2.24) is 20.0 Å². The van der Waals surface area contributed by atoms with E-state index in [1.165, 1.54) is 49.3 Å². The molecule has 4 heteroatoms. The molecule has 1 aromatic heterocycles. The van der Waals surface area contributed by atoms with Crippen molar-refractivity contribution in [1.29, 1.82) is 0 Å². The van der Waals surface area contributed by atoms with Gasteiger partial charge >= 0.3 is 0 Å². The van der Waals surface area contributed by atoms with Gasteiger partial charge < -0.3 is 10.2 Å². The van der Waals surface area contributed by atoms with Gasteiger partial charge in [-0.05, 0) is 52.1 Å². The van der Waals surface area contributed by atoms with Crippen molar-refractivity contribution in [2.45, 2.75) is 45.7 Å². The van der Waals surface area contributed by atoms with Crippen molar-refractivity contribution >= 4 is 0 Å². The number of aryl methyl sites for hydroxylation is 2. The van der Waals surface area contributed by atoms with Gasteiger partial charge in [0.15, 0.2) is 0 Å². The standard InChI is InChI=1S/C15H26N4/c1-11-15(12(2)18(3)17-11)9-16-8-13-6-7-19(10-13)14-4-5-14/h13-14,16H,4-10H2,1-3H3/t13-/m0/s1. The number of nitrogens with zero attached hydrogens (tertiary/aromatic N) is 3. The largest absolute Gasteiger partial charge is 0.312 e. The Morgan fingerprint density at radius 2 is 2.05 bits per heavy atom. The Bertz CT molecular complexity index is 447. The maximum Gasteiger partial charge on any atom is 0.0641 e. The summed E-state index contributed by atoms with van der Waals surface area (Å²) in [6.45, 7) is 9.00. The highest BCUT2D eigenvalue weighted by atomic mass is 15.3. The molecule has 0 aromatic carbocycles. The van der Waals surface area contributed by atoms with E-state index in [2.05, 4.69) is 29.2 Å². The second-order valence-corrected chi connectivity index (χ2v) is 6.28. The van der Waals surface area contributed by atoms with E-state index >= 15 is 0 Å². The van der Waals surface area contributed by atoms with Gasteiger partial charge in [-0.15, -0.1) is 0 Å². The van der Waals surface area contributed by atoms with Crippen LogP contribution in [-0.4, -0.2) is 40.4 Å². The Labute approximate surface area is 116 Å². The zero-order valence-corrected chi connectivity index (χ0v) is 12.4. The lowest BCUT2D eigenvalue weighted by atomic mass is 10.1. The molecule has 4 nitrogen and oxygen atoms in total. The summed E-state index contributed by atoms with van der Waals surface area (Å²) in [6, 6.07) is 0.938. The lowest BCUT2D eigenvalue weighted by molar-refractivity contribution is 0.312. The maximum atomic E-state index is 4.47. The van der Waals surface area contributed by atoms with Crippen LogP contribution < -0.4 is 5.32 Å². The molecular formula is C15H26N4. The van der Waals surface area contributed by atoms with Gasteiger partial charge in [-0.25, -0.2) is 0 Å². The molecule has 0 unspecified atom stereocenters. The van der Waals surface area contributed by atoms with Gasteiger partial charge in [0.1, 0.15) is 0 Å². The summed E-state index contributed by atoms with van der Waals surface area (Å²) in [4.78, 5) is 2.69. The fraction of sp³-hybridized carbons (Fsp3) is 0.800. The van der Waals surface area contributed by atoms with Gasteiger partial charge in [0.05, 0.1) is 5.69 Å². The van der Waals surface area contributed by atoms with Crippen LogP contribution in [0.25, 0.3) is 0 Å². The molecule has 1 aliphatic heterocycles. The monoisotopic (exact) mass is 262 g/mol. The van der Waals surface area contributed by atoms with E-state index in [-0.39, 0.29) is 0 Å². The van der Waals surface area contributed by atoms with E-state index < -0.39 is 0 Å². The summed E-state index contributed by atoms with van der Waals surface area (Å²) in [5.41, 5.74) is 3.83. The van der Waals surface area contributed by atoms with E-state index in [0.717, 1.165) is 25.0 Å². The Hall–Kier alpha value is -0.870. The van der Waals surface area contributed by atoms with Crippen LogP contribution >= 0.6 is 0 Å². The molecule has 1 saturated carbocycles. The first kappa shape index (κ1) is 13.1. The van der Waals surface area contributed by atoms with Gasteiger partial charge in [0.25, 0.3) is 0 Å². The normalized spacial score (nSPS) is 24.3. The van der Waals surface area contributed by atoms with E-state index in [1.54, 1.807) is 0 Å². The van der Waals surface area contributed by atoms with Crippen LogP contribution in [0.4, 0.5) is 0 Å². The van der Waals surface area contributed by atoms with Crippen molar-refractivity contribution in [2.24, 2.45) is 13.0 Å². The number of nitrogens with one attached hydrogen (secondary N) is 1. The summed E-state index contributed by atoms with van der Waals surface area (Å²) in [6.07, 6.45) is 4.25. The zero-order chi connectivity index (χ0) is 13.4. The SMILES string of the molecule is Cc1nn(C)c(C)c1CNC[C@@H]1CCN(C2CC2)C1. The third-order valence-corrected chi connectivity index (χ3v) is 4.77. The van der Waals surface area contributed by atoms with E-state index in [9.17, 15) is 0 Å². The summed E-state index contributed by atoms with van der Waals surface area (Å²) < 4.78 is 1.98. The maximum absolute atomic E-state index is 4.47. The second kappa shape index (κ2) is 5.25.